The van der Waals surface area contributed by atoms with E-state index >= 15 is 0 Å². The molecule has 7 heavy (non-hydrogen) atoms. The van der Waals surface area contributed by atoms with Crippen LogP contribution in [0.1, 0.15) is 12.8 Å². The summed E-state index contributed by atoms with van der Waals surface area (Å²) in [7, 11) is 0. The zero-order valence-electron chi connectivity index (χ0n) is 4.12. The van der Waals surface area contributed by atoms with Gasteiger partial charge < -0.3 is 0 Å². The molecule has 0 aliphatic rings. The lowest BCUT2D eigenvalue weighted by Crippen LogP contribution is -1.60. The zero-order chi connectivity index (χ0) is 5.54. The lowest BCUT2D eigenvalue weighted by Gasteiger charge is -1.72. The van der Waals surface area contributed by atoms with Crippen molar-refractivity contribution in [1.82, 2.24) is 0 Å². The Morgan fingerprint density at radius 3 is 2.57 bits per heavy atom. The van der Waals surface area contributed by atoms with E-state index in [1.807, 2.05) is 0 Å². The van der Waals surface area contributed by atoms with Gasteiger partial charge in [0, 0.05) is 19.8 Å². The second kappa shape index (κ2) is 5.12. The Balaban J connectivity index is 2.98. The van der Waals surface area contributed by atoms with E-state index in [1.165, 1.54) is 0 Å². The molecule has 0 aliphatic carbocycles. The van der Waals surface area contributed by atoms with Gasteiger partial charge in [-0.1, -0.05) is 5.92 Å². The lowest BCUT2D eigenvalue weighted by atomic mass is 10.3. The van der Waals surface area contributed by atoms with Crippen LogP contribution in [0.2, 0.25) is 0 Å². The van der Waals surface area contributed by atoms with Gasteiger partial charge in [-0.15, -0.1) is 11.8 Å². The van der Waals surface area contributed by atoms with Crippen molar-refractivity contribution in [3.05, 3.63) is 13.3 Å². The van der Waals surface area contributed by atoms with Crippen molar-refractivity contribution in [2.75, 3.05) is 0 Å². The smallest absolute Gasteiger partial charge is 0.0209 e. The van der Waals surface area contributed by atoms with Crippen molar-refractivity contribution in [1.29, 1.82) is 0 Å². The molecule has 0 saturated heterocycles. The molecular weight excluding hydrogens is 84.1 g/mol. The van der Waals surface area contributed by atoms with E-state index in [2.05, 4.69) is 24.7 Å². The summed E-state index contributed by atoms with van der Waals surface area (Å²) in [5.41, 5.74) is 0. The number of hydrogen-bond donors (Lipinski definition) is 0. The summed E-state index contributed by atoms with van der Waals surface area (Å²) >= 11 is 0. The van der Waals surface area contributed by atoms with Crippen LogP contribution in [0.5, 0.6) is 0 Å². The quantitative estimate of drug-likeness (QED) is 0.335. The Hall–Kier alpha value is -0.880. The normalized spacial score (nSPS) is 5.71. The Labute approximate surface area is 44.9 Å². The maximum absolute atomic E-state index is 6.44. The predicted molar refractivity (Wildman–Crippen MR) is 29.5 cm³/mol. The second-order valence-electron chi connectivity index (χ2n) is 1.03. The molecule has 2 radical (unpaired) electrons. The molecule has 34 valence electrons. The van der Waals surface area contributed by atoms with E-state index < -0.39 is 0 Å². The molecule has 0 bridgehead atoms. The average molecular weight is 90.1 g/mol. The van der Waals surface area contributed by atoms with Crippen LogP contribution in [-0.4, -0.2) is 0 Å². The minimum Gasteiger partial charge on any atom is -0.102 e. The van der Waals surface area contributed by atoms with Crippen molar-refractivity contribution in [2.24, 2.45) is 0 Å². The van der Waals surface area contributed by atoms with Crippen LogP contribution in [0.3, 0.4) is 0 Å². The van der Waals surface area contributed by atoms with Gasteiger partial charge in [0.25, 0.3) is 0 Å². The van der Waals surface area contributed by atoms with Gasteiger partial charge in [0.1, 0.15) is 0 Å². The summed E-state index contributed by atoms with van der Waals surface area (Å²) in [6, 6.07) is 0. The van der Waals surface area contributed by atoms with Crippen LogP contribution >= 0.6 is 0 Å². The van der Waals surface area contributed by atoms with Crippen molar-refractivity contribution in [3.8, 4) is 17.8 Å². The molecule has 0 fully saturated rings. The highest BCUT2D eigenvalue weighted by molar-refractivity contribution is 5.02. The van der Waals surface area contributed by atoms with Gasteiger partial charge in [-0.3, -0.25) is 0 Å². The Kier molecular flexibility index (Phi) is 4.48. The first kappa shape index (κ1) is 6.12. The molecular formula is C7H6. The SMILES string of the molecule is [C]#CCCC#C[CH2]. The highest BCUT2D eigenvalue weighted by atomic mass is 13.7. The molecule has 0 saturated carbocycles. The van der Waals surface area contributed by atoms with Crippen LogP contribution < -0.4 is 0 Å². The standard InChI is InChI=1S/C7H6/c1-3-5-7-6-4-2/h1,6-7H2. The van der Waals surface area contributed by atoms with E-state index in [1.54, 1.807) is 0 Å². The molecule has 0 aromatic heterocycles. The van der Waals surface area contributed by atoms with E-state index in [9.17, 15) is 0 Å². The summed E-state index contributed by atoms with van der Waals surface area (Å²) in [5.74, 6) is 7.41. The maximum atomic E-state index is 6.44. The molecule has 0 aliphatic heterocycles. The number of hydrogen-bond acceptors (Lipinski definition) is 0. The Morgan fingerprint density at radius 1 is 1.43 bits per heavy atom. The zero-order valence-corrected chi connectivity index (χ0v) is 4.12. The largest absolute Gasteiger partial charge is 0.102 e. The molecule has 0 heteroatoms. The lowest BCUT2D eigenvalue weighted by molar-refractivity contribution is 1.12. The van der Waals surface area contributed by atoms with Gasteiger partial charge in [0.2, 0.25) is 0 Å². The third-order valence-electron chi connectivity index (χ3n) is 0.500. The Bertz CT molecular complexity index is 115. The summed E-state index contributed by atoms with van der Waals surface area (Å²) in [4.78, 5) is 0. The number of rotatable bonds is 1. The third-order valence-corrected chi connectivity index (χ3v) is 0.500. The molecule has 0 spiro atoms. The molecule has 0 heterocycles. The minimum absolute atomic E-state index is 0.628. The second-order valence-corrected chi connectivity index (χ2v) is 1.03. The van der Waals surface area contributed by atoms with Crippen molar-refractivity contribution in [2.45, 2.75) is 12.8 Å². The van der Waals surface area contributed by atoms with Gasteiger partial charge in [-0.05, 0) is 6.42 Å². The van der Waals surface area contributed by atoms with Crippen LogP contribution in [0, 0.1) is 31.1 Å². The maximum Gasteiger partial charge on any atom is 0.0209 e. The Morgan fingerprint density at radius 2 is 2.14 bits per heavy atom. The van der Waals surface area contributed by atoms with E-state index in [0.29, 0.717) is 12.8 Å². The van der Waals surface area contributed by atoms with Gasteiger partial charge in [0.05, 0.1) is 0 Å². The summed E-state index contributed by atoms with van der Waals surface area (Å²) in [6.07, 6.45) is 7.79. The average Bonchev–Trinajstić information content (AvgIpc) is 1.69. The molecule has 0 nitrogen and oxygen atoms in total. The predicted octanol–water partition coefficient (Wildman–Crippen LogP) is 1.19. The minimum atomic E-state index is 0.628. The van der Waals surface area contributed by atoms with Crippen LogP contribution in [0.4, 0.5) is 0 Å². The summed E-state index contributed by atoms with van der Waals surface area (Å²) < 4.78 is 0. The van der Waals surface area contributed by atoms with Crippen LogP contribution in [0.15, 0.2) is 0 Å². The summed E-state index contributed by atoms with van der Waals surface area (Å²) in [5, 5.41) is 0. The molecule has 0 amide bonds. The van der Waals surface area contributed by atoms with Gasteiger partial charge >= 0.3 is 0 Å². The van der Waals surface area contributed by atoms with E-state index in [-0.39, 0.29) is 0 Å². The first-order chi connectivity index (χ1) is 3.41. The van der Waals surface area contributed by atoms with Gasteiger partial charge in [-0.2, -0.15) is 0 Å². The molecule has 0 aromatic rings. The monoisotopic (exact) mass is 90.0 g/mol. The fourth-order valence-corrected chi connectivity index (χ4v) is 0.213. The fraction of sp³-hybridized carbons (Fsp3) is 0.286. The highest BCUT2D eigenvalue weighted by Crippen LogP contribution is 1.79. The van der Waals surface area contributed by atoms with Crippen LogP contribution in [0.25, 0.3) is 0 Å². The van der Waals surface area contributed by atoms with E-state index in [0.717, 1.165) is 0 Å². The molecule has 0 rings (SSSR count). The van der Waals surface area contributed by atoms with Crippen LogP contribution in [-0.2, 0) is 0 Å². The van der Waals surface area contributed by atoms with Gasteiger partial charge in [0.15, 0.2) is 0 Å². The molecule has 0 atom stereocenters. The fourth-order valence-electron chi connectivity index (χ4n) is 0.213. The third kappa shape index (κ3) is 5.12. The molecule has 0 N–H and O–H groups in total. The first-order valence-corrected chi connectivity index (χ1v) is 2.06. The van der Waals surface area contributed by atoms with Gasteiger partial charge in [-0.25, -0.2) is 0 Å². The first-order valence-electron chi connectivity index (χ1n) is 2.06. The molecule has 0 unspecified atom stereocenters. The van der Waals surface area contributed by atoms with Crippen molar-refractivity contribution >= 4 is 0 Å². The number of unbranched alkanes of at least 4 members (excludes halogenated alkanes) is 1. The van der Waals surface area contributed by atoms with Crippen molar-refractivity contribution in [3.63, 3.8) is 0 Å². The van der Waals surface area contributed by atoms with E-state index in [4.69, 9.17) is 6.42 Å². The molecule has 0 aromatic carbocycles. The topological polar surface area (TPSA) is 0 Å². The highest BCUT2D eigenvalue weighted by Gasteiger charge is 1.68. The summed E-state index contributed by atoms with van der Waals surface area (Å²) in [6.45, 7) is 3.31. The van der Waals surface area contributed by atoms with Crippen molar-refractivity contribution < 1.29 is 0 Å².